The van der Waals surface area contributed by atoms with Crippen LogP contribution in [0.5, 0.6) is 11.5 Å². The molecule has 0 aliphatic carbocycles. The van der Waals surface area contributed by atoms with Crippen molar-refractivity contribution in [3.05, 3.63) is 92.6 Å². The quantitative estimate of drug-likeness (QED) is 0.223. The number of fused-ring (bicyclic) bond motifs is 1. The number of aromatic amines is 1. The van der Waals surface area contributed by atoms with E-state index in [1.807, 2.05) is 24.3 Å². The van der Waals surface area contributed by atoms with Gasteiger partial charge in [-0.15, -0.1) is 12.4 Å². The van der Waals surface area contributed by atoms with Crippen molar-refractivity contribution < 1.29 is 9.47 Å². The molecule has 33 heavy (non-hydrogen) atoms. The molecule has 174 valence electrons. The van der Waals surface area contributed by atoms with E-state index in [9.17, 15) is 0 Å². The number of benzene rings is 3. The molecule has 0 bridgehead atoms. The highest BCUT2D eigenvalue weighted by molar-refractivity contribution is 6.35. The van der Waals surface area contributed by atoms with Gasteiger partial charge in [-0.3, -0.25) is 0 Å². The van der Waals surface area contributed by atoms with Crippen molar-refractivity contribution in [2.24, 2.45) is 0 Å². The zero-order chi connectivity index (χ0) is 22.5. The van der Waals surface area contributed by atoms with E-state index in [4.69, 9.17) is 44.3 Å². The zero-order valence-corrected chi connectivity index (χ0v) is 21.0. The molecule has 0 fully saturated rings. The van der Waals surface area contributed by atoms with Crippen LogP contribution < -0.4 is 14.8 Å². The Kier molecular flexibility index (Phi) is 9.19. The standard InChI is InChI=1S/C25H23Cl3N2O2.ClH/c1-31-24-11-16(13-29-9-8-17-14-30-23-5-3-2-4-20(17)23)10-22(28)25(24)32-15-18-6-7-19(26)12-21(18)27;/h2-7,10-12,14,29-30H,8-9,13,15H2,1H3;1H. The molecule has 8 heteroatoms. The molecular weight excluding hydrogens is 502 g/mol. The molecule has 0 saturated heterocycles. The van der Waals surface area contributed by atoms with Gasteiger partial charge in [-0.25, -0.2) is 0 Å². The molecule has 2 N–H and O–H groups in total. The van der Waals surface area contributed by atoms with E-state index in [2.05, 4.69) is 34.7 Å². The largest absolute Gasteiger partial charge is 0.493 e. The number of methoxy groups -OCH3 is 1. The van der Waals surface area contributed by atoms with Gasteiger partial charge in [-0.1, -0.05) is 59.1 Å². The summed E-state index contributed by atoms with van der Waals surface area (Å²) in [5.41, 5.74) is 4.29. The topological polar surface area (TPSA) is 46.3 Å². The van der Waals surface area contributed by atoms with Gasteiger partial charge in [0.2, 0.25) is 0 Å². The predicted molar refractivity (Wildman–Crippen MR) is 140 cm³/mol. The minimum atomic E-state index is 0. The third-order valence-corrected chi connectivity index (χ3v) is 6.12. The van der Waals surface area contributed by atoms with Crippen LogP contribution in [0.2, 0.25) is 15.1 Å². The first-order chi connectivity index (χ1) is 15.5. The number of H-pyrrole nitrogens is 1. The van der Waals surface area contributed by atoms with Crippen LogP contribution in [0.4, 0.5) is 0 Å². The number of hydrogen-bond acceptors (Lipinski definition) is 3. The van der Waals surface area contributed by atoms with Gasteiger partial charge in [0.05, 0.1) is 12.1 Å². The molecule has 0 unspecified atom stereocenters. The number of ether oxygens (including phenoxy) is 2. The van der Waals surface area contributed by atoms with Gasteiger partial charge in [0.15, 0.2) is 11.5 Å². The van der Waals surface area contributed by atoms with Crippen LogP contribution in [0.3, 0.4) is 0 Å². The van der Waals surface area contributed by atoms with E-state index in [-0.39, 0.29) is 19.0 Å². The first-order valence-electron chi connectivity index (χ1n) is 10.2. The summed E-state index contributed by atoms with van der Waals surface area (Å²) in [6.45, 7) is 1.77. The van der Waals surface area contributed by atoms with Crippen LogP contribution in [0, 0.1) is 0 Å². The number of rotatable bonds is 9. The molecule has 4 nitrogen and oxygen atoms in total. The molecule has 0 spiro atoms. The molecular formula is C25H24Cl4N2O2. The SMILES string of the molecule is COc1cc(CNCCc2c[nH]c3ccccc23)cc(Cl)c1OCc1ccc(Cl)cc1Cl.Cl. The summed E-state index contributed by atoms with van der Waals surface area (Å²) in [6.07, 6.45) is 3.00. The lowest BCUT2D eigenvalue weighted by Gasteiger charge is -2.15. The van der Waals surface area contributed by atoms with Gasteiger partial charge < -0.3 is 19.8 Å². The van der Waals surface area contributed by atoms with Crippen molar-refractivity contribution in [1.82, 2.24) is 10.3 Å². The van der Waals surface area contributed by atoms with Crippen LogP contribution in [0.1, 0.15) is 16.7 Å². The highest BCUT2D eigenvalue weighted by Crippen LogP contribution is 2.37. The van der Waals surface area contributed by atoms with Gasteiger partial charge >= 0.3 is 0 Å². The minimum Gasteiger partial charge on any atom is -0.493 e. The van der Waals surface area contributed by atoms with E-state index in [0.717, 1.165) is 29.6 Å². The Balaban J connectivity index is 0.00000306. The van der Waals surface area contributed by atoms with E-state index in [1.165, 1.54) is 10.9 Å². The predicted octanol–water partition coefficient (Wildman–Crippen LogP) is 7.47. The van der Waals surface area contributed by atoms with Crippen LogP contribution in [-0.4, -0.2) is 18.6 Å². The van der Waals surface area contributed by atoms with E-state index in [1.54, 1.807) is 19.2 Å². The second-order valence-electron chi connectivity index (χ2n) is 7.42. The lowest BCUT2D eigenvalue weighted by atomic mass is 10.1. The fourth-order valence-electron chi connectivity index (χ4n) is 3.60. The maximum atomic E-state index is 6.51. The normalized spacial score (nSPS) is 10.8. The average molecular weight is 526 g/mol. The van der Waals surface area contributed by atoms with Crippen LogP contribution >= 0.6 is 47.2 Å². The van der Waals surface area contributed by atoms with Crippen LogP contribution in [0.25, 0.3) is 10.9 Å². The zero-order valence-electron chi connectivity index (χ0n) is 18.0. The molecule has 3 aromatic carbocycles. The van der Waals surface area contributed by atoms with Crippen molar-refractivity contribution >= 4 is 58.1 Å². The summed E-state index contributed by atoms with van der Waals surface area (Å²) >= 11 is 18.7. The molecule has 4 aromatic rings. The second-order valence-corrected chi connectivity index (χ2v) is 8.67. The molecule has 0 amide bonds. The Morgan fingerprint density at radius 2 is 1.76 bits per heavy atom. The second kappa shape index (κ2) is 11.9. The van der Waals surface area contributed by atoms with Gasteiger partial charge in [0.1, 0.15) is 6.61 Å². The van der Waals surface area contributed by atoms with E-state index in [0.29, 0.717) is 33.1 Å². The molecule has 0 aliphatic heterocycles. The fourth-order valence-corrected chi connectivity index (χ4v) is 4.35. The number of nitrogens with one attached hydrogen (secondary N) is 2. The Hall–Kier alpha value is -2.08. The van der Waals surface area contributed by atoms with Crippen molar-refractivity contribution in [2.75, 3.05) is 13.7 Å². The van der Waals surface area contributed by atoms with Gasteiger partial charge in [0.25, 0.3) is 0 Å². The number of aromatic nitrogens is 1. The molecule has 1 aromatic heterocycles. The van der Waals surface area contributed by atoms with Crippen LogP contribution in [0.15, 0.2) is 60.8 Å². The van der Waals surface area contributed by atoms with Crippen molar-refractivity contribution in [3.63, 3.8) is 0 Å². The number of para-hydroxylation sites is 1. The molecule has 1 heterocycles. The monoisotopic (exact) mass is 524 g/mol. The van der Waals surface area contributed by atoms with Crippen molar-refractivity contribution in [1.29, 1.82) is 0 Å². The molecule has 0 atom stereocenters. The minimum absolute atomic E-state index is 0. The first-order valence-corrected chi connectivity index (χ1v) is 11.4. The van der Waals surface area contributed by atoms with Crippen molar-refractivity contribution in [2.45, 2.75) is 19.6 Å². The van der Waals surface area contributed by atoms with Gasteiger partial charge in [-0.2, -0.15) is 0 Å². The third-order valence-electron chi connectivity index (χ3n) is 5.25. The summed E-state index contributed by atoms with van der Waals surface area (Å²) in [5.74, 6) is 1.07. The fraction of sp³-hybridized carbons (Fsp3) is 0.200. The molecule has 0 saturated carbocycles. The Bertz CT molecular complexity index is 1230. The van der Waals surface area contributed by atoms with Crippen molar-refractivity contribution in [3.8, 4) is 11.5 Å². The highest BCUT2D eigenvalue weighted by Gasteiger charge is 2.13. The summed E-state index contributed by atoms with van der Waals surface area (Å²) in [7, 11) is 1.60. The van der Waals surface area contributed by atoms with E-state index >= 15 is 0 Å². The summed E-state index contributed by atoms with van der Waals surface area (Å²) in [6, 6.07) is 17.4. The first kappa shape index (κ1) is 25.5. The number of hydrogen-bond donors (Lipinski definition) is 2. The van der Waals surface area contributed by atoms with Crippen LogP contribution in [-0.2, 0) is 19.6 Å². The lowest BCUT2D eigenvalue weighted by molar-refractivity contribution is 0.284. The smallest absolute Gasteiger partial charge is 0.180 e. The van der Waals surface area contributed by atoms with E-state index < -0.39 is 0 Å². The third kappa shape index (κ3) is 6.28. The maximum Gasteiger partial charge on any atom is 0.180 e. The summed E-state index contributed by atoms with van der Waals surface area (Å²) in [5, 5.41) is 6.35. The Labute approximate surface area is 214 Å². The highest BCUT2D eigenvalue weighted by atomic mass is 35.5. The molecule has 0 radical (unpaired) electrons. The number of halogens is 4. The summed E-state index contributed by atoms with van der Waals surface area (Å²) < 4.78 is 11.5. The average Bonchev–Trinajstić information content (AvgIpc) is 3.20. The van der Waals surface area contributed by atoms with Gasteiger partial charge in [-0.05, 0) is 54.4 Å². The molecule has 4 rings (SSSR count). The molecule has 0 aliphatic rings. The Morgan fingerprint density at radius 3 is 2.55 bits per heavy atom. The maximum absolute atomic E-state index is 6.51. The Morgan fingerprint density at radius 1 is 0.939 bits per heavy atom. The van der Waals surface area contributed by atoms with Gasteiger partial charge in [0, 0.05) is 39.3 Å². The lowest BCUT2D eigenvalue weighted by Crippen LogP contribution is -2.16. The summed E-state index contributed by atoms with van der Waals surface area (Å²) in [4.78, 5) is 3.31.